The van der Waals surface area contributed by atoms with Gasteiger partial charge in [-0.3, -0.25) is 0 Å². The Bertz CT molecular complexity index is 253. The van der Waals surface area contributed by atoms with E-state index in [1.807, 2.05) is 0 Å². The van der Waals surface area contributed by atoms with Gasteiger partial charge in [0.25, 0.3) is 0 Å². The Morgan fingerprint density at radius 2 is 1.38 bits per heavy atom. The highest BCUT2D eigenvalue weighted by Gasteiger charge is 2.07. The Kier molecular flexibility index (Phi) is 3.10. The van der Waals surface area contributed by atoms with Crippen LogP contribution in [0.2, 0.25) is 0 Å². The molecule has 0 atom stereocenters. The molecule has 0 aliphatic rings. The van der Waals surface area contributed by atoms with E-state index in [-0.39, 0.29) is 0 Å². The van der Waals surface area contributed by atoms with E-state index in [1.165, 1.54) is 11.1 Å². The molecule has 0 saturated heterocycles. The van der Waals surface area contributed by atoms with Crippen molar-refractivity contribution in [2.24, 2.45) is 0 Å². The van der Waals surface area contributed by atoms with Gasteiger partial charge in [-0.2, -0.15) is 0 Å². The lowest BCUT2D eigenvalue weighted by Crippen LogP contribution is -2.33. The molecule has 0 aliphatic heterocycles. The SMILES string of the molecule is CCc1ccc(C[N+](C)(C)C)cc1. The molecule has 1 nitrogen and oxygen atoms in total. The summed E-state index contributed by atoms with van der Waals surface area (Å²) >= 11 is 0. The van der Waals surface area contributed by atoms with Crippen LogP contribution in [0.15, 0.2) is 24.3 Å². The molecule has 13 heavy (non-hydrogen) atoms. The smallest absolute Gasteiger partial charge is 0.104 e. The Morgan fingerprint density at radius 3 is 1.77 bits per heavy atom. The molecule has 0 fully saturated rings. The summed E-state index contributed by atoms with van der Waals surface area (Å²) in [6.45, 7) is 3.29. The second-order valence-electron chi connectivity index (χ2n) is 4.62. The van der Waals surface area contributed by atoms with Crippen molar-refractivity contribution in [2.45, 2.75) is 19.9 Å². The first-order valence-electron chi connectivity index (χ1n) is 4.89. The number of aryl methyl sites for hydroxylation is 1. The number of rotatable bonds is 3. The van der Waals surface area contributed by atoms with Crippen molar-refractivity contribution in [3.05, 3.63) is 35.4 Å². The zero-order valence-corrected chi connectivity index (χ0v) is 9.17. The molecule has 0 unspecified atom stereocenters. The van der Waals surface area contributed by atoms with Crippen molar-refractivity contribution in [3.8, 4) is 0 Å². The summed E-state index contributed by atoms with van der Waals surface area (Å²) in [7, 11) is 6.65. The second kappa shape index (κ2) is 3.93. The third-order valence-corrected chi connectivity index (χ3v) is 2.09. The molecule has 0 N–H and O–H groups in total. The van der Waals surface area contributed by atoms with Crippen LogP contribution in [0.25, 0.3) is 0 Å². The van der Waals surface area contributed by atoms with Gasteiger partial charge >= 0.3 is 0 Å². The number of benzene rings is 1. The normalized spacial score (nSPS) is 11.7. The summed E-state index contributed by atoms with van der Waals surface area (Å²) in [6.07, 6.45) is 1.13. The predicted octanol–water partition coefficient (Wildman–Crippen LogP) is 2.46. The van der Waals surface area contributed by atoms with Crippen LogP contribution in [-0.2, 0) is 13.0 Å². The first kappa shape index (κ1) is 10.3. The fourth-order valence-electron chi connectivity index (χ4n) is 1.43. The molecule has 72 valence electrons. The fraction of sp³-hybridized carbons (Fsp3) is 0.500. The van der Waals surface area contributed by atoms with Gasteiger partial charge in [-0.25, -0.2) is 0 Å². The van der Waals surface area contributed by atoms with Crippen molar-refractivity contribution in [3.63, 3.8) is 0 Å². The van der Waals surface area contributed by atoms with Crippen LogP contribution in [0.1, 0.15) is 18.1 Å². The topological polar surface area (TPSA) is 0 Å². The van der Waals surface area contributed by atoms with Gasteiger partial charge in [0, 0.05) is 5.56 Å². The molecule has 1 aromatic carbocycles. The van der Waals surface area contributed by atoms with Gasteiger partial charge in [0.1, 0.15) is 6.54 Å². The molecule has 0 radical (unpaired) electrons. The van der Waals surface area contributed by atoms with Crippen molar-refractivity contribution in [1.29, 1.82) is 0 Å². The Balaban J connectivity index is 2.70. The minimum atomic E-state index is 0.992. The van der Waals surface area contributed by atoms with Crippen LogP contribution in [-0.4, -0.2) is 25.6 Å². The lowest BCUT2D eigenvalue weighted by atomic mass is 10.1. The first-order chi connectivity index (χ1) is 6.01. The molecular weight excluding hydrogens is 158 g/mol. The summed E-state index contributed by atoms with van der Waals surface area (Å²) in [5, 5.41) is 0. The zero-order valence-electron chi connectivity index (χ0n) is 9.17. The van der Waals surface area contributed by atoms with Crippen molar-refractivity contribution in [2.75, 3.05) is 21.1 Å². The van der Waals surface area contributed by atoms with E-state index in [4.69, 9.17) is 0 Å². The zero-order chi connectivity index (χ0) is 9.90. The van der Waals surface area contributed by atoms with E-state index in [1.54, 1.807) is 0 Å². The largest absolute Gasteiger partial charge is 0.327 e. The van der Waals surface area contributed by atoms with Crippen LogP contribution >= 0.6 is 0 Å². The number of nitrogens with zero attached hydrogens (tertiary/aromatic N) is 1. The van der Waals surface area contributed by atoms with E-state index < -0.39 is 0 Å². The molecule has 0 bridgehead atoms. The molecule has 0 aromatic heterocycles. The molecule has 1 aromatic rings. The number of hydrogen-bond acceptors (Lipinski definition) is 0. The molecular formula is C12H20N+. The molecule has 0 heterocycles. The summed E-state index contributed by atoms with van der Waals surface area (Å²) in [6, 6.07) is 8.93. The van der Waals surface area contributed by atoms with Gasteiger partial charge in [0.05, 0.1) is 21.1 Å². The van der Waals surface area contributed by atoms with E-state index in [0.717, 1.165) is 17.4 Å². The summed E-state index contributed by atoms with van der Waals surface area (Å²) in [5.74, 6) is 0. The van der Waals surface area contributed by atoms with Gasteiger partial charge in [0.2, 0.25) is 0 Å². The maximum absolute atomic E-state index is 2.24. The Labute approximate surface area is 81.6 Å². The van der Waals surface area contributed by atoms with Crippen LogP contribution in [0.5, 0.6) is 0 Å². The van der Waals surface area contributed by atoms with Crippen molar-refractivity contribution >= 4 is 0 Å². The highest BCUT2D eigenvalue weighted by molar-refractivity contribution is 5.21. The molecule has 0 aliphatic carbocycles. The van der Waals surface area contributed by atoms with Crippen LogP contribution < -0.4 is 0 Å². The summed E-state index contributed by atoms with van der Waals surface area (Å²) in [5.41, 5.74) is 2.84. The molecule has 1 rings (SSSR count). The monoisotopic (exact) mass is 178 g/mol. The van der Waals surface area contributed by atoms with E-state index in [2.05, 4.69) is 52.3 Å². The third kappa shape index (κ3) is 3.60. The molecule has 0 amide bonds. The lowest BCUT2D eigenvalue weighted by molar-refractivity contribution is -0.884. The van der Waals surface area contributed by atoms with Gasteiger partial charge in [-0.15, -0.1) is 0 Å². The quantitative estimate of drug-likeness (QED) is 0.624. The van der Waals surface area contributed by atoms with Crippen LogP contribution in [0.4, 0.5) is 0 Å². The lowest BCUT2D eigenvalue weighted by Gasteiger charge is -2.23. The third-order valence-electron chi connectivity index (χ3n) is 2.09. The van der Waals surface area contributed by atoms with Crippen LogP contribution in [0.3, 0.4) is 0 Å². The average Bonchev–Trinajstić information content (AvgIpc) is 2.03. The molecule has 1 heteroatoms. The summed E-state index contributed by atoms with van der Waals surface area (Å²) in [4.78, 5) is 0. The van der Waals surface area contributed by atoms with Crippen molar-refractivity contribution < 1.29 is 4.48 Å². The fourth-order valence-corrected chi connectivity index (χ4v) is 1.43. The van der Waals surface area contributed by atoms with Gasteiger partial charge in [-0.05, 0) is 12.0 Å². The predicted molar refractivity (Wildman–Crippen MR) is 57.6 cm³/mol. The van der Waals surface area contributed by atoms with E-state index in [0.29, 0.717) is 0 Å². The maximum atomic E-state index is 2.24. The molecule has 0 spiro atoms. The van der Waals surface area contributed by atoms with Crippen LogP contribution in [0, 0.1) is 0 Å². The van der Waals surface area contributed by atoms with E-state index in [9.17, 15) is 0 Å². The number of hydrogen-bond donors (Lipinski definition) is 0. The minimum Gasteiger partial charge on any atom is -0.327 e. The number of quaternary nitrogens is 1. The highest BCUT2D eigenvalue weighted by atomic mass is 15.3. The Hall–Kier alpha value is -0.820. The highest BCUT2D eigenvalue weighted by Crippen LogP contribution is 2.09. The second-order valence-corrected chi connectivity index (χ2v) is 4.62. The van der Waals surface area contributed by atoms with E-state index >= 15 is 0 Å². The Morgan fingerprint density at radius 1 is 0.923 bits per heavy atom. The minimum absolute atomic E-state index is 0.992. The van der Waals surface area contributed by atoms with Gasteiger partial charge in [0.15, 0.2) is 0 Å². The van der Waals surface area contributed by atoms with Gasteiger partial charge in [-0.1, -0.05) is 31.2 Å². The van der Waals surface area contributed by atoms with Gasteiger partial charge < -0.3 is 4.48 Å². The molecule has 0 saturated carbocycles. The van der Waals surface area contributed by atoms with Crippen molar-refractivity contribution in [1.82, 2.24) is 0 Å². The first-order valence-corrected chi connectivity index (χ1v) is 4.89. The maximum Gasteiger partial charge on any atom is 0.104 e. The standard InChI is InChI=1S/C12H20N/c1-5-11-6-8-12(9-7-11)10-13(2,3)4/h6-9H,5,10H2,1-4H3/q+1. The summed E-state index contributed by atoms with van der Waals surface area (Å²) < 4.78 is 0.992. The average molecular weight is 178 g/mol.